The standard InChI is InChI=1S/C2H6N2S4/c1-3-5-7-4(2)8-6-3/h1-2H3. The van der Waals surface area contributed by atoms with Gasteiger partial charge >= 0.3 is 0 Å². The molecule has 1 fully saturated rings. The summed E-state index contributed by atoms with van der Waals surface area (Å²) >= 11 is 0. The van der Waals surface area contributed by atoms with Crippen molar-refractivity contribution in [3.8, 4) is 0 Å². The molecule has 0 unspecified atom stereocenters. The van der Waals surface area contributed by atoms with E-state index in [2.05, 4.69) is 21.5 Å². The van der Waals surface area contributed by atoms with Crippen molar-refractivity contribution in [1.29, 1.82) is 0 Å². The van der Waals surface area contributed by atoms with Crippen LogP contribution in [0.1, 0.15) is 0 Å². The minimum atomic E-state index is 1.74. The molecule has 0 aromatic carbocycles. The van der Waals surface area contributed by atoms with Gasteiger partial charge in [0.05, 0.1) is 0 Å². The molecule has 2 nitrogen and oxygen atoms in total. The molecule has 1 heterocycles. The van der Waals surface area contributed by atoms with E-state index >= 15 is 0 Å². The Balaban J connectivity index is 2.19. The quantitative estimate of drug-likeness (QED) is 0.420. The first-order chi connectivity index (χ1) is 3.79. The normalized spacial score (nSPS) is 26.2. The lowest BCUT2D eigenvalue weighted by Gasteiger charge is -2.23. The molecular weight excluding hydrogens is 180 g/mol. The van der Waals surface area contributed by atoms with E-state index in [1.165, 1.54) is 0 Å². The molecule has 0 saturated carbocycles. The molecule has 0 N–H and O–H groups in total. The molecule has 0 amide bonds. The van der Waals surface area contributed by atoms with E-state index in [9.17, 15) is 0 Å². The Bertz CT molecular complexity index is 60.4. The summed E-state index contributed by atoms with van der Waals surface area (Å²) in [6.07, 6.45) is 0. The minimum Gasteiger partial charge on any atom is -0.176 e. The molecule has 48 valence electrons. The molecule has 0 spiro atoms. The second-order valence-electron chi connectivity index (χ2n) is 1.18. The second-order valence-corrected chi connectivity index (χ2v) is 6.22. The Morgan fingerprint density at radius 3 is 1.25 bits per heavy atom. The molecule has 1 aliphatic rings. The van der Waals surface area contributed by atoms with E-state index in [0.717, 1.165) is 0 Å². The van der Waals surface area contributed by atoms with Gasteiger partial charge in [0, 0.05) is 58.0 Å². The van der Waals surface area contributed by atoms with Gasteiger partial charge in [-0.2, -0.15) is 7.42 Å². The zero-order chi connectivity index (χ0) is 5.98. The van der Waals surface area contributed by atoms with Crippen LogP contribution in [0, 0.1) is 0 Å². The van der Waals surface area contributed by atoms with Crippen molar-refractivity contribution in [3.63, 3.8) is 0 Å². The summed E-state index contributed by atoms with van der Waals surface area (Å²) in [5, 5.41) is 0. The molecule has 1 rings (SSSR count). The van der Waals surface area contributed by atoms with Crippen LogP contribution in [0.3, 0.4) is 0 Å². The topological polar surface area (TPSA) is 6.48 Å². The second kappa shape index (κ2) is 3.48. The van der Waals surface area contributed by atoms with Gasteiger partial charge in [-0.3, -0.25) is 0 Å². The Labute approximate surface area is 65.5 Å². The third-order valence-corrected chi connectivity index (χ3v) is 6.57. The van der Waals surface area contributed by atoms with E-state index in [-0.39, 0.29) is 0 Å². The molecule has 0 radical (unpaired) electrons. The zero-order valence-corrected chi connectivity index (χ0v) is 7.79. The molecule has 0 bridgehead atoms. The molecule has 0 aliphatic carbocycles. The van der Waals surface area contributed by atoms with Gasteiger partial charge in [0.25, 0.3) is 0 Å². The van der Waals surface area contributed by atoms with Gasteiger partial charge in [-0.1, -0.05) is 0 Å². The van der Waals surface area contributed by atoms with Crippen molar-refractivity contribution in [3.05, 3.63) is 0 Å². The summed E-state index contributed by atoms with van der Waals surface area (Å²) in [6.45, 7) is 0. The fraction of sp³-hybridized carbons (Fsp3) is 1.00. The van der Waals surface area contributed by atoms with Gasteiger partial charge in [-0.25, -0.2) is 0 Å². The van der Waals surface area contributed by atoms with E-state index in [0.29, 0.717) is 0 Å². The van der Waals surface area contributed by atoms with E-state index in [4.69, 9.17) is 0 Å². The van der Waals surface area contributed by atoms with Crippen molar-refractivity contribution in [2.24, 2.45) is 0 Å². The Hall–Kier alpha value is 1.32. The Kier molecular flexibility index (Phi) is 3.23. The highest BCUT2D eigenvalue weighted by Gasteiger charge is 2.12. The number of hydrogen-bond acceptors (Lipinski definition) is 6. The average Bonchev–Trinajstić information content (AvgIpc) is 1.77. The van der Waals surface area contributed by atoms with Crippen molar-refractivity contribution in [2.75, 3.05) is 14.1 Å². The van der Waals surface area contributed by atoms with Crippen LogP contribution in [0.2, 0.25) is 0 Å². The van der Waals surface area contributed by atoms with Crippen LogP contribution >= 0.6 is 43.9 Å². The maximum Gasteiger partial charge on any atom is 0.0206 e. The predicted molar refractivity (Wildman–Crippen MR) is 45.9 cm³/mol. The van der Waals surface area contributed by atoms with Gasteiger partial charge in [-0.05, 0) is 0 Å². The molecule has 6 heteroatoms. The number of rotatable bonds is 0. The lowest BCUT2D eigenvalue weighted by Crippen LogP contribution is -2.04. The molecular formula is C2H6N2S4. The average molecular weight is 186 g/mol. The fourth-order valence-electron chi connectivity index (χ4n) is 0.213. The highest BCUT2D eigenvalue weighted by molar-refractivity contribution is 8.88. The van der Waals surface area contributed by atoms with Crippen LogP contribution < -0.4 is 0 Å². The summed E-state index contributed by atoms with van der Waals surface area (Å²) in [4.78, 5) is 0. The molecule has 0 aromatic rings. The largest absolute Gasteiger partial charge is 0.176 e. The molecule has 1 saturated heterocycles. The third kappa shape index (κ3) is 2.28. The van der Waals surface area contributed by atoms with E-state index < -0.39 is 0 Å². The smallest absolute Gasteiger partial charge is 0.0206 e. The summed E-state index contributed by atoms with van der Waals surface area (Å²) < 4.78 is 4.24. The monoisotopic (exact) mass is 186 g/mol. The Morgan fingerprint density at radius 2 is 1.00 bits per heavy atom. The molecule has 0 atom stereocenters. The van der Waals surface area contributed by atoms with Crippen molar-refractivity contribution < 1.29 is 0 Å². The Morgan fingerprint density at radius 1 is 0.750 bits per heavy atom. The van der Waals surface area contributed by atoms with Crippen LogP contribution in [0.4, 0.5) is 0 Å². The van der Waals surface area contributed by atoms with Crippen LogP contribution in [-0.4, -0.2) is 21.5 Å². The van der Waals surface area contributed by atoms with Crippen LogP contribution in [0.25, 0.3) is 0 Å². The maximum atomic E-state index is 2.12. The minimum absolute atomic E-state index is 1.74. The van der Waals surface area contributed by atoms with Gasteiger partial charge in [0.15, 0.2) is 0 Å². The summed E-state index contributed by atoms with van der Waals surface area (Å²) in [7, 11) is 11.1. The fourth-order valence-corrected chi connectivity index (χ4v) is 4.68. The molecule has 1 aliphatic heterocycles. The van der Waals surface area contributed by atoms with Crippen molar-refractivity contribution in [2.45, 2.75) is 0 Å². The predicted octanol–water partition coefficient (Wildman–Crippen LogP) is 2.29. The number of nitrogens with zero attached hydrogens (tertiary/aromatic N) is 2. The van der Waals surface area contributed by atoms with Crippen LogP contribution in [-0.2, 0) is 0 Å². The maximum absolute atomic E-state index is 2.12. The van der Waals surface area contributed by atoms with Crippen LogP contribution in [0.5, 0.6) is 0 Å². The first-order valence-corrected chi connectivity index (χ1v) is 6.09. The van der Waals surface area contributed by atoms with Gasteiger partial charge in [0.2, 0.25) is 0 Å². The molecule has 8 heavy (non-hydrogen) atoms. The van der Waals surface area contributed by atoms with Gasteiger partial charge < -0.3 is 0 Å². The van der Waals surface area contributed by atoms with Crippen LogP contribution in [0.15, 0.2) is 0 Å². The first kappa shape index (κ1) is 7.43. The lowest BCUT2D eigenvalue weighted by molar-refractivity contribution is 0.936. The van der Waals surface area contributed by atoms with Gasteiger partial charge in [-0.15, -0.1) is 0 Å². The van der Waals surface area contributed by atoms with Crippen molar-refractivity contribution >= 4 is 43.9 Å². The lowest BCUT2D eigenvalue weighted by atomic mass is 11.6. The van der Waals surface area contributed by atoms with E-state index in [1.54, 1.807) is 43.9 Å². The summed E-state index contributed by atoms with van der Waals surface area (Å²) in [5.74, 6) is 0. The van der Waals surface area contributed by atoms with E-state index in [1.807, 2.05) is 0 Å². The summed E-state index contributed by atoms with van der Waals surface area (Å²) in [6, 6.07) is 0. The SMILES string of the molecule is CN1SSN(C)SS1. The first-order valence-electron chi connectivity index (χ1n) is 1.96. The summed E-state index contributed by atoms with van der Waals surface area (Å²) in [5.41, 5.74) is 0. The highest BCUT2D eigenvalue weighted by Crippen LogP contribution is 2.48. The highest BCUT2D eigenvalue weighted by atomic mass is 33.2. The number of hydrogen-bond donors (Lipinski definition) is 0. The molecule has 0 aromatic heterocycles. The zero-order valence-electron chi connectivity index (χ0n) is 4.53. The van der Waals surface area contributed by atoms with Gasteiger partial charge in [0.1, 0.15) is 0 Å². The van der Waals surface area contributed by atoms with Crippen molar-refractivity contribution in [1.82, 2.24) is 7.42 Å². The third-order valence-electron chi connectivity index (χ3n) is 0.487.